The van der Waals surface area contributed by atoms with Crippen molar-refractivity contribution in [3.8, 4) is 0 Å². The fraction of sp³-hybridized carbons (Fsp3) is 0.385. The molecule has 0 bridgehead atoms. The van der Waals surface area contributed by atoms with Crippen molar-refractivity contribution >= 4 is 5.69 Å². The van der Waals surface area contributed by atoms with Crippen molar-refractivity contribution in [2.75, 3.05) is 18.0 Å². The quantitative estimate of drug-likeness (QED) is 0.611. The third-order valence-electron chi connectivity index (χ3n) is 2.77. The summed E-state index contributed by atoms with van der Waals surface area (Å²) in [6, 6.07) is 4.53. The Labute approximate surface area is 86.1 Å². The molecule has 1 heterocycles. The van der Waals surface area contributed by atoms with Crippen molar-refractivity contribution < 1.29 is 0 Å². The van der Waals surface area contributed by atoms with Crippen molar-refractivity contribution in [3.63, 3.8) is 0 Å². The summed E-state index contributed by atoms with van der Waals surface area (Å²) in [6.07, 6.45) is 4.47. The first-order valence-electron chi connectivity index (χ1n) is 5.16. The van der Waals surface area contributed by atoms with Gasteiger partial charge in [0.1, 0.15) is 0 Å². The van der Waals surface area contributed by atoms with Gasteiger partial charge in [0, 0.05) is 18.8 Å². The van der Waals surface area contributed by atoms with Gasteiger partial charge < -0.3 is 4.90 Å². The second-order valence-corrected chi connectivity index (χ2v) is 4.12. The van der Waals surface area contributed by atoms with Gasteiger partial charge in [0.25, 0.3) is 0 Å². The number of aryl methyl sites for hydroxylation is 3. The molecule has 0 fully saturated rings. The van der Waals surface area contributed by atoms with Crippen molar-refractivity contribution in [2.45, 2.75) is 20.8 Å². The van der Waals surface area contributed by atoms with E-state index in [9.17, 15) is 0 Å². The second-order valence-electron chi connectivity index (χ2n) is 4.12. The van der Waals surface area contributed by atoms with Crippen LogP contribution in [0.3, 0.4) is 0 Å². The minimum absolute atomic E-state index is 1.06. The number of benzene rings is 1. The molecule has 1 aromatic carbocycles. The molecule has 2 rings (SSSR count). The lowest BCUT2D eigenvalue weighted by Gasteiger charge is -2.23. The van der Waals surface area contributed by atoms with Gasteiger partial charge in [0.15, 0.2) is 0 Å². The number of rotatable bonds is 1. The Hall–Kier alpha value is -1.24. The number of hydrogen-bond acceptors (Lipinski definition) is 1. The molecule has 0 saturated carbocycles. The van der Waals surface area contributed by atoms with Crippen LogP contribution in [0.4, 0.5) is 5.69 Å². The summed E-state index contributed by atoms with van der Waals surface area (Å²) in [7, 11) is 0. The second kappa shape index (κ2) is 3.49. The van der Waals surface area contributed by atoms with Crippen LogP contribution in [0.15, 0.2) is 24.3 Å². The molecule has 1 aromatic rings. The van der Waals surface area contributed by atoms with Gasteiger partial charge in [-0.2, -0.15) is 0 Å². The summed E-state index contributed by atoms with van der Waals surface area (Å²) in [4.78, 5) is 2.42. The molecular weight excluding hydrogens is 170 g/mol. The van der Waals surface area contributed by atoms with Crippen molar-refractivity contribution in [1.82, 2.24) is 0 Å². The molecule has 0 aromatic heterocycles. The van der Waals surface area contributed by atoms with Crippen molar-refractivity contribution in [2.24, 2.45) is 0 Å². The fourth-order valence-corrected chi connectivity index (χ4v) is 2.33. The first-order chi connectivity index (χ1) is 6.68. The molecule has 14 heavy (non-hydrogen) atoms. The van der Waals surface area contributed by atoms with E-state index in [4.69, 9.17) is 0 Å². The van der Waals surface area contributed by atoms with E-state index >= 15 is 0 Å². The standard InChI is InChI=1S/C13H17N/c1-10-8-11(2)13(12(3)9-10)14-6-4-5-7-14/h4-5,8-9H,6-7H2,1-3H3. The zero-order valence-corrected chi connectivity index (χ0v) is 9.17. The Balaban J connectivity index is 2.41. The van der Waals surface area contributed by atoms with E-state index in [-0.39, 0.29) is 0 Å². The molecule has 1 heteroatoms. The highest BCUT2D eigenvalue weighted by molar-refractivity contribution is 5.61. The van der Waals surface area contributed by atoms with Gasteiger partial charge in [-0.25, -0.2) is 0 Å². The van der Waals surface area contributed by atoms with Crippen LogP contribution < -0.4 is 4.90 Å². The van der Waals surface area contributed by atoms with Crippen LogP contribution in [0.5, 0.6) is 0 Å². The zero-order chi connectivity index (χ0) is 10.1. The van der Waals surface area contributed by atoms with Crippen LogP contribution in [0.2, 0.25) is 0 Å². The molecule has 74 valence electrons. The summed E-state index contributed by atoms with van der Waals surface area (Å²) in [5.74, 6) is 0. The van der Waals surface area contributed by atoms with Crippen LogP contribution in [0, 0.1) is 20.8 Å². The average Bonchev–Trinajstić information content (AvgIpc) is 2.54. The van der Waals surface area contributed by atoms with E-state index in [1.807, 2.05) is 0 Å². The third kappa shape index (κ3) is 1.54. The van der Waals surface area contributed by atoms with Gasteiger partial charge in [-0.1, -0.05) is 29.8 Å². The van der Waals surface area contributed by atoms with Gasteiger partial charge in [0.05, 0.1) is 0 Å². The maximum Gasteiger partial charge on any atom is 0.0431 e. The SMILES string of the molecule is Cc1cc(C)c(N2CC=CC2)c(C)c1. The summed E-state index contributed by atoms with van der Waals surface area (Å²) >= 11 is 0. The molecule has 1 aliphatic rings. The number of hydrogen-bond donors (Lipinski definition) is 0. The maximum absolute atomic E-state index is 2.42. The summed E-state index contributed by atoms with van der Waals surface area (Å²) in [5, 5.41) is 0. The molecule has 0 unspecified atom stereocenters. The Morgan fingerprint density at radius 1 is 0.929 bits per heavy atom. The maximum atomic E-state index is 2.42. The molecular formula is C13H17N. The summed E-state index contributed by atoms with van der Waals surface area (Å²) in [6.45, 7) is 8.68. The minimum Gasteiger partial charge on any atom is -0.364 e. The zero-order valence-electron chi connectivity index (χ0n) is 9.17. The van der Waals surface area contributed by atoms with Gasteiger partial charge in [-0.15, -0.1) is 0 Å². The smallest absolute Gasteiger partial charge is 0.0431 e. The fourth-order valence-electron chi connectivity index (χ4n) is 2.33. The Morgan fingerprint density at radius 2 is 1.43 bits per heavy atom. The van der Waals surface area contributed by atoms with Gasteiger partial charge in [-0.3, -0.25) is 0 Å². The van der Waals surface area contributed by atoms with Crippen molar-refractivity contribution in [3.05, 3.63) is 41.0 Å². The monoisotopic (exact) mass is 187 g/mol. The van der Waals surface area contributed by atoms with E-state index in [2.05, 4.69) is 50.0 Å². The third-order valence-corrected chi connectivity index (χ3v) is 2.77. The van der Waals surface area contributed by atoms with E-state index in [1.165, 1.54) is 22.4 Å². The van der Waals surface area contributed by atoms with Gasteiger partial charge in [-0.05, 0) is 31.9 Å². The Kier molecular flexibility index (Phi) is 2.32. The lowest BCUT2D eigenvalue weighted by Crippen LogP contribution is -2.20. The molecule has 1 aliphatic heterocycles. The van der Waals surface area contributed by atoms with E-state index in [1.54, 1.807) is 0 Å². The van der Waals surface area contributed by atoms with Crippen LogP contribution in [-0.4, -0.2) is 13.1 Å². The predicted molar refractivity (Wildman–Crippen MR) is 62.0 cm³/mol. The number of nitrogens with zero attached hydrogens (tertiary/aromatic N) is 1. The summed E-state index contributed by atoms with van der Waals surface area (Å²) in [5.41, 5.74) is 5.56. The number of anilines is 1. The first-order valence-corrected chi connectivity index (χ1v) is 5.16. The van der Waals surface area contributed by atoms with Crippen LogP contribution in [0.1, 0.15) is 16.7 Å². The Bertz CT molecular complexity index is 346. The molecule has 0 radical (unpaired) electrons. The van der Waals surface area contributed by atoms with Crippen LogP contribution in [-0.2, 0) is 0 Å². The molecule has 0 N–H and O–H groups in total. The van der Waals surface area contributed by atoms with Crippen LogP contribution in [0.25, 0.3) is 0 Å². The first kappa shape index (κ1) is 9.32. The predicted octanol–water partition coefficient (Wildman–Crippen LogP) is 2.99. The van der Waals surface area contributed by atoms with Gasteiger partial charge >= 0.3 is 0 Å². The average molecular weight is 187 g/mol. The topological polar surface area (TPSA) is 3.24 Å². The minimum atomic E-state index is 1.06. The van der Waals surface area contributed by atoms with Gasteiger partial charge in [0.2, 0.25) is 0 Å². The molecule has 0 aliphatic carbocycles. The molecule has 0 amide bonds. The summed E-state index contributed by atoms with van der Waals surface area (Å²) < 4.78 is 0. The lowest BCUT2D eigenvalue weighted by atomic mass is 10.0. The largest absolute Gasteiger partial charge is 0.364 e. The molecule has 1 nitrogen and oxygen atoms in total. The lowest BCUT2D eigenvalue weighted by molar-refractivity contribution is 0.986. The van der Waals surface area contributed by atoms with Crippen LogP contribution >= 0.6 is 0 Å². The molecule has 0 spiro atoms. The Morgan fingerprint density at radius 3 is 1.93 bits per heavy atom. The normalized spacial score (nSPS) is 15.2. The highest BCUT2D eigenvalue weighted by Gasteiger charge is 2.12. The molecule has 0 atom stereocenters. The van der Waals surface area contributed by atoms with E-state index in [0.717, 1.165) is 13.1 Å². The highest BCUT2D eigenvalue weighted by Crippen LogP contribution is 2.27. The van der Waals surface area contributed by atoms with Crippen molar-refractivity contribution in [1.29, 1.82) is 0 Å². The highest BCUT2D eigenvalue weighted by atomic mass is 15.1. The van der Waals surface area contributed by atoms with E-state index < -0.39 is 0 Å². The molecule has 0 saturated heterocycles. The van der Waals surface area contributed by atoms with E-state index in [0.29, 0.717) is 0 Å².